The molecule has 7 heteroatoms. The van der Waals surface area contributed by atoms with Gasteiger partial charge in [0.05, 0.1) is 12.3 Å². The van der Waals surface area contributed by atoms with Gasteiger partial charge < -0.3 is 16.2 Å². The molecule has 1 atom stereocenters. The molecule has 1 rings (SSSR count). The molecule has 16 heavy (non-hydrogen) atoms. The summed E-state index contributed by atoms with van der Waals surface area (Å²) < 4.78 is 5.99. The Hall–Kier alpha value is -2.05. The molecule has 1 aromatic rings. The average molecular weight is 226 g/mol. The molecule has 0 saturated carbocycles. The fraction of sp³-hybridized carbons (Fsp3) is 0.444. The lowest BCUT2D eigenvalue weighted by atomic mass is 10.3. The highest BCUT2D eigenvalue weighted by Gasteiger charge is 2.19. The van der Waals surface area contributed by atoms with Gasteiger partial charge >= 0.3 is 5.97 Å². The molecular formula is C9H14N4O3. The minimum absolute atomic E-state index is 0.00468. The number of ether oxygens (including phenoxy) is 1. The second-order valence-electron chi connectivity index (χ2n) is 3.21. The first kappa shape index (κ1) is 12.0. The number of hydrogen-bond acceptors (Lipinski definition) is 5. The highest BCUT2D eigenvalue weighted by atomic mass is 16.5. The second-order valence-corrected chi connectivity index (χ2v) is 3.21. The first-order valence-corrected chi connectivity index (χ1v) is 4.78. The molecule has 1 heterocycles. The number of esters is 1. The zero-order valence-electron chi connectivity index (χ0n) is 9.14. The third-order valence-electron chi connectivity index (χ3n) is 2.04. The summed E-state index contributed by atoms with van der Waals surface area (Å²) in [6, 6.07) is -0.662. The summed E-state index contributed by atoms with van der Waals surface area (Å²) in [6.07, 6.45) is 1.38. The van der Waals surface area contributed by atoms with E-state index in [0.717, 1.165) is 0 Å². The monoisotopic (exact) mass is 226 g/mol. The number of nitrogen functional groups attached to an aromatic ring is 1. The Morgan fingerprint density at radius 3 is 2.75 bits per heavy atom. The number of carbonyl (C=O) groups excluding carboxylic acids is 2. The van der Waals surface area contributed by atoms with E-state index in [1.54, 1.807) is 13.8 Å². The van der Waals surface area contributed by atoms with Gasteiger partial charge in [0.1, 0.15) is 6.04 Å². The highest BCUT2D eigenvalue weighted by Crippen LogP contribution is 2.14. The fourth-order valence-electron chi connectivity index (χ4n) is 1.09. The summed E-state index contributed by atoms with van der Waals surface area (Å²) in [5, 5.41) is 3.87. The summed E-state index contributed by atoms with van der Waals surface area (Å²) in [6.45, 7) is 3.47. The summed E-state index contributed by atoms with van der Waals surface area (Å²) in [4.78, 5) is 22.3. The smallest absolute Gasteiger partial charge is 0.361 e. The third kappa shape index (κ3) is 2.30. The van der Waals surface area contributed by atoms with E-state index in [2.05, 4.69) is 5.10 Å². The van der Waals surface area contributed by atoms with Crippen LogP contribution >= 0.6 is 0 Å². The number of rotatable bonds is 4. The standard InChI is InChI=1S/C9H14N4O3/c1-3-16-9(15)7-6(10)4-13(12-7)5(2)8(11)14/h4-5H,3,10H2,1-2H3,(H2,11,14). The number of amides is 1. The Morgan fingerprint density at radius 2 is 2.25 bits per heavy atom. The Balaban J connectivity index is 2.98. The van der Waals surface area contributed by atoms with E-state index in [-0.39, 0.29) is 18.0 Å². The number of carbonyl (C=O) groups is 2. The number of aromatic nitrogens is 2. The molecule has 1 aromatic heterocycles. The second kappa shape index (κ2) is 4.65. The number of nitrogens with two attached hydrogens (primary N) is 2. The fourth-order valence-corrected chi connectivity index (χ4v) is 1.09. The summed E-state index contributed by atoms with van der Waals surface area (Å²) in [5.74, 6) is -1.17. The van der Waals surface area contributed by atoms with Crippen LogP contribution in [0.1, 0.15) is 30.4 Å². The molecule has 0 fully saturated rings. The summed E-state index contributed by atoms with van der Waals surface area (Å²) in [7, 11) is 0. The Morgan fingerprint density at radius 1 is 1.62 bits per heavy atom. The molecule has 1 amide bonds. The molecule has 0 aliphatic carbocycles. The normalized spacial score (nSPS) is 12.1. The SMILES string of the molecule is CCOC(=O)c1nn(C(C)C(N)=O)cc1N. The van der Waals surface area contributed by atoms with Crippen molar-refractivity contribution in [1.29, 1.82) is 0 Å². The Bertz CT molecular complexity index is 413. The van der Waals surface area contributed by atoms with Gasteiger partial charge in [-0.15, -0.1) is 0 Å². The molecule has 0 bridgehead atoms. The van der Waals surface area contributed by atoms with Gasteiger partial charge in [-0.2, -0.15) is 5.10 Å². The van der Waals surface area contributed by atoms with Crippen molar-refractivity contribution in [2.45, 2.75) is 19.9 Å². The van der Waals surface area contributed by atoms with Crippen LogP contribution in [-0.4, -0.2) is 28.3 Å². The van der Waals surface area contributed by atoms with Crippen molar-refractivity contribution in [3.05, 3.63) is 11.9 Å². The first-order chi connectivity index (χ1) is 7.47. The van der Waals surface area contributed by atoms with Gasteiger partial charge in [-0.25, -0.2) is 4.79 Å². The maximum atomic E-state index is 11.4. The maximum absolute atomic E-state index is 11.4. The van der Waals surface area contributed by atoms with Crippen molar-refractivity contribution in [1.82, 2.24) is 9.78 Å². The average Bonchev–Trinajstić information content (AvgIpc) is 2.59. The molecule has 0 spiro atoms. The number of hydrogen-bond donors (Lipinski definition) is 2. The van der Waals surface area contributed by atoms with Crippen LogP contribution in [0.15, 0.2) is 6.20 Å². The van der Waals surface area contributed by atoms with E-state index in [1.165, 1.54) is 10.9 Å². The van der Waals surface area contributed by atoms with Crippen molar-refractivity contribution in [2.24, 2.45) is 5.73 Å². The molecule has 0 aliphatic rings. The van der Waals surface area contributed by atoms with Crippen LogP contribution < -0.4 is 11.5 Å². The third-order valence-corrected chi connectivity index (χ3v) is 2.04. The van der Waals surface area contributed by atoms with Crippen molar-refractivity contribution in [3.8, 4) is 0 Å². The predicted molar refractivity (Wildman–Crippen MR) is 56.5 cm³/mol. The largest absolute Gasteiger partial charge is 0.461 e. The minimum Gasteiger partial charge on any atom is -0.461 e. The molecule has 1 unspecified atom stereocenters. The van der Waals surface area contributed by atoms with Crippen LogP contribution in [0, 0.1) is 0 Å². The Kier molecular flexibility index (Phi) is 3.49. The maximum Gasteiger partial charge on any atom is 0.361 e. The zero-order valence-corrected chi connectivity index (χ0v) is 9.14. The van der Waals surface area contributed by atoms with Gasteiger partial charge in [0.2, 0.25) is 5.91 Å². The van der Waals surface area contributed by atoms with Crippen molar-refractivity contribution < 1.29 is 14.3 Å². The summed E-state index contributed by atoms with van der Waals surface area (Å²) in [5.41, 5.74) is 10.8. The van der Waals surface area contributed by atoms with Gasteiger partial charge in [0, 0.05) is 6.20 Å². The van der Waals surface area contributed by atoms with Crippen LogP contribution in [-0.2, 0) is 9.53 Å². The lowest BCUT2D eigenvalue weighted by Crippen LogP contribution is -2.24. The van der Waals surface area contributed by atoms with Crippen molar-refractivity contribution in [2.75, 3.05) is 12.3 Å². The van der Waals surface area contributed by atoms with E-state index in [9.17, 15) is 9.59 Å². The highest BCUT2D eigenvalue weighted by molar-refractivity contribution is 5.92. The van der Waals surface area contributed by atoms with Gasteiger partial charge in [0.15, 0.2) is 5.69 Å². The molecule has 4 N–H and O–H groups in total. The van der Waals surface area contributed by atoms with Crippen LogP contribution in [0.3, 0.4) is 0 Å². The van der Waals surface area contributed by atoms with Crippen LogP contribution in [0.2, 0.25) is 0 Å². The number of nitrogens with zero attached hydrogens (tertiary/aromatic N) is 2. The predicted octanol–water partition coefficient (Wildman–Crippen LogP) is -0.312. The van der Waals surface area contributed by atoms with Crippen LogP contribution in [0.25, 0.3) is 0 Å². The van der Waals surface area contributed by atoms with E-state index in [4.69, 9.17) is 16.2 Å². The first-order valence-electron chi connectivity index (χ1n) is 4.78. The summed E-state index contributed by atoms with van der Waals surface area (Å²) >= 11 is 0. The lowest BCUT2D eigenvalue weighted by Gasteiger charge is -2.06. The lowest BCUT2D eigenvalue weighted by molar-refractivity contribution is -0.120. The zero-order chi connectivity index (χ0) is 12.3. The minimum atomic E-state index is -0.662. The number of primary amides is 1. The van der Waals surface area contributed by atoms with E-state index in [0.29, 0.717) is 0 Å². The van der Waals surface area contributed by atoms with Gasteiger partial charge in [-0.05, 0) is 13.8 Å². The van der Waals surface area contributed by atoms with E-state index in [1.807, 2.05) is 0 Å². The molecule has 0 aromatic carbocycles. The van der Waals surface area contributed by atoms with Crippen LogP contribution in [0.4, 0.5) is 5.69 Å². The van der Waals surface area contributed by atoms with Crippen molar-refractivity contribution in [3.63, 3.8) is 0 Å². The molecule has 0 saturated heterocycles. The topological polar surface area (TPSA) is 113 Å². The molecular weight excluding hydrogens is 212 g/mol. The van der Waals surface area contributed by atoms with Crippen LogP contribution in [0.5, 0.6) is 0 Å². The van der Waals surface area contributed by atoms with E-state index >= 15 is 0 Å². The number of anilines is 1. The van der Waals surface area contributed by atoms with Crippen molar-refractivity contribution >= 4 is 17.6 Å². The molecule has 0 aliphatic heterocycles. The van der Waals surface area contributed by atoms with Gasteiger partial charge in [-0.3, -0.25) is 9.48 Å². The molecule has 88 valence electrons. The molecule has 0 radical (unpaired) electrons. The van der Waals surface area contributed by atoms with Gasteiger partial charge in [0.25, 0.3) is 0 Å². The van der Waals surface area contributed by atoms with Gasteiger partial charge in [-0.1, -0.05) is 0 Å². The van der Waals surface area contributed by atoms with E-state index < -0.39 is 17.9 Å². The molecule has 7 nitrogen and oxygen atoms in total. The Labute approximate surface area is 92.3 Å². The quantitative estimate of drug-likeness (QED) is 0.683.